The third kappa shape index (κ3) is 3.52. The first-order chi connectivity index (χ1) is 14.5. The smallest absolute Gasteiger partial charge is 0.319 e. The van der Waals surface area contributed by atoms with Crippen molar-refractivity contribution in [2.45, 2.75) is 12.6 Å². The Kier molecular flexibility index (Phi) is 5.22. The molecule has 4 rings (SSSR count). The topological polar surface area (TPSA) is 89.1 Å². The number of carbonyl (C=O) groups excluding carboxylic acids is 2. The van der Waals surface area contributed by atoms with Gasteiger partial charge in [0, 0.05) is 6.54 Å². The molecule has 2 aliphatic rings. The fourth-order valence-corrected chi connectivity index (χ4v) is 3.79. The molecule has 0 aromatic heterocycles. The van der Waals surface area contributed by atoms with E-state index in [1.165, 1.54) is 0 Å². The van der Waals surface area contributed by atoms with Gasteiger partial charge in [-0.15, -0.1) is 0 Å². The highest BCUT2D eigenvalue weighted by Gasteiger charge is 2.40. The summed E-state index contributed by atoms with van der Waals surface area (Å²) >= 11 is 0. The summed E-state index contributed by atoms with van der Waals surface area (Å²) in [7, 11) is 4.72. The summed E-state index contributed by atoms with van der Waals surface area (Å²) < 4.78 is 15.8. The van der Waals surface area contributed by atoms with E-state index in [0.717, 1.165) is 16.9 Å². The maximum Gasteiger partial charge on any atom is 0.319 e. The number of nitrogens with zero attached hydrogens (tertiary/aromatic N) is 1. The average Bonchev–Trinajstić information content (AvgIpc) is 3.08. The lowest BCUT2D eigenvalue weighted by atomic mass is 9.96. The molecule has 0 fully saturated rings. The van der Waals surface area contributed by atoms with Crippen molar-refractivity contribution >= 4 is 11.9 Å². The molecule has 0 aliphatic carbocycles. The summed E-state index contributed by atoms with van der Waals surface area (Å²) in [5.41, 5.74) is 2.88. The molecule has 0 unspecified atom stereocenters. The number of benzene rings is 2. The first-order valence-electron chi connectivity index (χ1n) is 9.48. The monoisotopic (exact) mass is 409 g/mol. The molecule has 8 nitrogen and oxygen atoms in total. The van der Waals surface area contributed by atoms with Crippen LogP contribution in [0.1, 0.15) is 17.2 Å². The number of urea groups is 1. The van der Waals surface area contributed by atoms with E-state index in [2.05, 4.69) is 10.6 Å². The molecule has 0 spiro atoms. The molecule has 0 saturated heterocycles. The SMILES string of the molecule is COc1ccc(CN2CC3=C(C2=O)[C@@H](c2ccc(OC)c(OC)c2)NC(=O)N3)cc1. The molecule has 2 aromatic carbocycles. The van der Waals surface area contributed by atoms with E-state index in [4.69, 9.17) is 14.2 Å². The van der Waals surface area contributed by atoms with Gasteiger partial charge in [-0.25, -0.2) is 4.79 Å². The van der Waals surface area contributed by atoms with Gasteiger partial charge in [0.2, 0.25) is 0 Å². The second-order valence-electron chi connectivity index (χ2n) is 7.05. The molecule has 0 radical (unpaired) electrons. The number of carbonyl (C=O) groups is 2. The van der Waals surface area contributed by atoms with Gasteiger partial charge in [0.05, 0.1) is 45.2 Å². The van der Waals surface area contributed by atoms with Crippen molar-refractivity contribution in [2.24, 2.45) is 0 Å². The normalized spacial score (nSPS) is 18.0. The van der Waals surface area contributed by atoms with Crippen LogP contribution in [0.25, 0.3) is 0 Å². The van der Waals surface area contributed by atoms with Crippen LogP contribution in [0.3, 0.4) is 0 Å². The first kappa shape index (κ1) is 19.6. The van der Waals surface area contributed by atoms with Crippen molar-refractivity contribution in [3.8, 4) is 17.2 Å². The Bertz CT molecular complexity index is 1020. The Hall–Kier alpha value is -3.68. The minimum Gasteiger partial charge on any atom is -0.497 e. The summed E-state index contributed by atoms with van der Waals surface area (Å²) in [6.07, 6.45) is 0. The van der Waals surface area contributed by atoms with Gasteiger partial charge in [0.25, 0.3) is 5.91 Å². The van der Waals surface area contributed by atoms with Gasteiger partial charge >= 0.3 is 6.03 Å². The fraction of sp³-hybridized carbons (Fsp3) is 0.273. The summed E-state index contributed by atoms with van der Waals surface area (Å²) in [6.45, 7) is 0.780. The number of hydrogen-bond donors (Lipinski definition) is 2. The standard InChI is InChI=1S/C22H23N3O5/c1-28-15-7-4-13(5-8-15)11-25-12-16-19(21(25)26)20(24-22(27)23-16)14-6-9-17(29-2)18(10-14)30-3/h4-10,20H,11-12H2,1-3H3,(H2,23,24,27)/t20-/m1/s1. The van der Waals surface area contributed by atoms with E-state index in [1.54, 1.807) is 38.4 Å². The molecule has 30 heavy (non-hydrogen) atoms. The molecule has 2 aliphatic heterocycles. The molecule has 1 atom stereocenters. The number of methoxy groups -OCH3 is 3. The van der Waals surface area contributed by atoms with E-state index in [-0.39, 0.29) is 11.9 Å². The first-order valence-corrected chi connectivity index (χ1v) is 9.48. The van der Waals surface area contributed by atoms with Crippen molar-refractivity contribution in [3.05, 3.63) is 64.9 Å². The van der Waals surface area contributed by atoms with Crippen LogP contribution in [0.2, 0.25) is 0 Å². The van der Waals surface area contributed by atoms with Crippen LogP contribution in [-0.2, 0) is 11.3 Å². The summed E-state index contributed by atoms with van der Waals surface area (Å²) in [5, 5.41) is 5.64. The zero-order valence-electron chi connectivity index (χ0n) is 17.0. The van der Waals surface area contributed by atoms with Gasteiger partial charge in [0.1, 0.15) is 5.75 Å². The highest BCUT2D eigenvalue weighted by atomic mass is 16.5. The van der Waals surface area contributed by atoms with Crippen molar-refractivity contribution in [3.63, 3.8) is 0 Å². The average molecular weight is 409 g/mol. The Labute approximate surface area is 174 Å². The number of ether oxygens (including phenoxy) is 3. The van der Waals surface area contributed by atoms with Gasteiger partial charge in [-0.2, -0.15) is 0 Å². The fourth-order valence-electron chi connectivity index (χ4n) is 3.79. The van der Waals surface area contributed by atoms with Gasteiger partial charge in [-0.05, 0) is 35.4 Å². The number of amides is 3. The Morgan fingerprint density at radius 3 is 2.37 bits per heavy atom. The predicted molar refractivity (Wildman–Crippen MR) is 109 cm³/mol. The highest BCUT2D eigenvalue weighted by Crippen LogP contribution is 2.37. The maximum atomic E-state index is 13.2. The van der Waals surface area contributed by atoms with Gasteiger partial charge in [-0.3, -0.25) is 4.79 Å². The van der Waals surface area contributed by atoms with Crippen molar-refractivity contribution in [2.75, 3.05) is 27.9 Å². The van der Waals surface area contributed by atoms with Crippen LogP contribution in [0.4, 0.5) is 4.79 Å². The molecule has 156 valence electrons. The third-order valence-corrected chi connectivity index (χ3v) is 5.29. The highest BCUT2D eigenvalue weighted by molar-refractivity contribution is 6.01. The number of rotatable bonds is 6. The second-order valence-corrected chi connectivity index (χ2v) is 7.05. The zero-order chi connectivity index (χ0) is 21.3. The molecule has 3 amide bonds. The largest absolute Gasteiger partial charge is 0.497 e. The van der Waals surface area contributed by atoms with Crippen molar-refractivity contribution < 1.29 is 23.8 Å². The van der Waals surface area contributed by atoms with Crippen molar-refractivity contribution in [1.82, 2.24) is 15.5 Å². The van der Waals surface area contributed by atoms with E-state index in [9.17, 15) is 9.59 Å². The number of hydrogen-bond acceptors (Lipinski definition) is 5. The summed E-state index contributed by atoms with van der Waals surface area (Å²) in [4.78, 5) is 27.2. The van der Waals surface area contributed by atoms with Gasteiger partial charge in [0.15, 0.2) is 11.5 Å². The molecule has 2 N–H and O–H groups in total. The molecule has 2 heterocycles. The van der Waals surface area contributed by atoms with Crippen LogP contribution in [-0.4, -0.2) is 44.7 Å². The molecule has 0 saturated carbocycles. The Balaban J connectivity index is 1.61. The lowest BCUT2D eigenvalue weighted by Gasteiger charge is -2.26. The third-order valence-electron chi connectivity index (χ3n) is 5.29. The lowest BCUT2D eigenvalue weighted by molar-refractivity contribution is -0.126. The molecular formula is C22H23N3O5. The molecule has 8 heteroatoms. The van der Waals surface area contributed by atoms with Gasteiger partial charge in [-0.1, -0.05) is 18.2 Å². The van der Waals surface area contributed by atoms with Gasteiger partial charge < -0.3 is 29.7 Å². The van der Waals surface area contributed by atoms with Crippen molar-refractivity contribution in [1.29, 1.82) is 0 Å². The van der Waals surface area contributed by atoms with E-state index in [0.29, 0.717) is 35.9 Å². The minimum atomic E-state index is -0.568. The Morgan fingerprint density at radius 2 is 1.70 bits per heavy atom. The molecular weight excluding hydrogens is 386 g/mol. The second kappa shape index (κ2) is 7.98. The maximum absolute atomic E-state index is 13.2. The van der Waals surface area contributed by atoms with E-state index >= 15 is 0 Å². The molecule has 0 bridgehead atoms. The van der Waals surface area contributed by atoms with Crippen LogP contribution in [0, 0.1) is 0 Å². The predicted octanol–water partition coefficient (Wildman–Crippen LogP) is 2.36. The van der Waals surface area contributed by atoms with E-state index in [1.807, 2.05) is 30.3 Å². The summed E-state index contributed by atoms with van der Waals surface area (Å²) in [5.74, 6) is 1.75. The zero-order valence-corrected chi connectivity index (χ0v) is 17.0. The van der Waals surface area contributed by atoms with Crippen LogP contribution < -0.4 is 24.8 Å². The van der Waals surface area contributed by atoms with E-state index < -0.39 is 6.04 Å². The number of nitrogens with one attached hydrogen (secondary N) is 2. The lowest BCUT2D eigenvalue weighted by Crippen LogP contribution is -2.44. The Morgan fingerprint density at radius 1 is 0.967 bits per heavy atom. The minimum absolute atomic E-state index is 0.117. The summed E-state index contributed by atoms with van der Waals surface area (Å²) in [6, 6.07) is 12.0. The van der Waals surface area contributed by atoms with Crippen LogP contribution >= 0.6 is 0 Å². The van der Waals surface area contributed by atoms with Crippen LogP contribution in [0.5, 0.6) is 17.2 Å². The van der Waals surface area contributed by atoms with Crippen LogP contribution in [0.15, 0.2) is 53.7 Å². The molecule has 2 aromatic rings. The quantitative estimate of drug-likeness (QED) is 0.765.